The largest absolute Gasteiger partial charge is 0.383 e. The monoisotopic (exact) mass is 276 g/mol. The molecule has 110 valence electrons. The molecule has 2 rings (SSSR count). The SMILES string of the molecule is CCC(COC)N1CNC(CCc2ccccc2)C1=O. The molecule has 1 N–H and O–H groups in total. The Bertz CT molecular complexity index is 422. The standard InChI is InChI=1S/C16H24N2O2/c1-3-14(11-20-2)18-12-17-15(16(18)19)10-9-13-7-5-4-6-8-13/h4-8,14-15,17H,3,9-12H2,1-2H3. The molecule has 4 nitrogen and oxygen atoms in total. The van der Waals surface area contributed by atoms with E-state index in [9.17, 15) is 4.79 Å². The van der Waals surface area contributed by atoms with Gasteiger partial charge in [-0.05, 0) is 24.8 Å². The molecular formula is C16H24N2O2. The molecule has 1 aliphatic heterocycles. The van der Waals surface area contributed by atoms with Crippen LogP contribution < -0.4 is 5.32 Å². The molecule has 0 aliphatic carbocycles. The van der Waals surface area contributed by atoms with Crippen molar-refractivity contribution >= 4 is 5.91 Å². The van der Waals surface area contributed by atoms with E-state index in [4.69, 9.17) is 4.74 Å². The lowest BCUT2D eigenvalue weighted by molar-refractivity contribution is -0.132. The van der Waals surface area contributed by atoms with Gasteiger partial charge in [0.25, 0.3) is 0 Å². The second-order valence-corrected chi connectivity index (χ2v) is 5.26. The average molecular weight is 276 g/mol. The highest BCUT2D eigenvalue weighted by atomic mass is 16.5. The molecule has 20 heavy (non-hydrogen) atoms. The van der Waals surface area contributed by atoms with E-state index in [1.807, 2.05) is 23.1 Å². The molecular weight excluding hydrogens is 252 g/mol. The number of benzene rings is 1. The molecule has 1 saturated heterocycles. The van der Waals surface area contributed by atoms with E-state index in [0.29, 0.717) is 13.3 Å². The van der Waals surface area contributed by atoms with Crippen molar-refractivity contribution in [1.82, 2.24) is 10.2 Å². The summed E-state index contributed by atoms with van der Waals surface area (Å²) in [5.41, 5.74) is 1.28. The number of ether oxygens (including phenoxy) is 1. The minimum Gasteiger partial charge on any atom is -0.383 e. The van der Waals surface area contributed by atoms with Crippen LogP contribution in [0, 0.1) is 0 Å². The molecule has 1 aliphatic rings. The second kappa shape index (κ2) is 7.41. The van der Waals surface area contributed by atoms with Crippen molar-refractivity contribution in [3.8, 4) is 0 Å². The Morgan fingerprint density at radius 2 is 2.15 bits per heavy atom. The first-order chi connectivity index (χ1) is 9.76. The first kappa shape index (κ1) is 15.0. The molecule has 1 aromatic carbocycles. The molecule has 2 unspecified atom stereocenters. The predicted molar refractivity (Wildman–Crippen MR) is 79.4 cm³/mol. The zero-order valence-electron chi connectivity index (χ0n) is 12.3. The Morgan fingerprint density at radius 3 is 2.80 bits per heavy atom. The maximum Gasteiger partial charge on any atom is 0.241 e. The van der Waals surface area contributed by atoms with Crippen molar-refractivity contribution in [2.75, 3.05) is 20.4 Å². The zero-order chi connectivity index (χ0) is 14.4. The lowest BCUT2D eigenvalue weighted by atomic mass is 10.0. The van der Waals surface area contributed by atoms with Crippen LogP contribution >= 0.6 is 0 Å². The fraction of sp³-hybridized carbons (Fsp3) is 0.562. The van der Waals surface area contributed by atoms with Crippen molar-refractivity contribution in [1.29, 1.82) is 0 Å². The normalized spacial score (nSPS) is 20.4. The van der Waals surface area contributed by atoms with Crippen LogP contribution in [0.15, 0.2) is 30.3 Å². The third-order valence-electron chi connectivity index (χ3n) is 3.92. The highest BCUT2D eigenvalue weighted by Crippen LogP contribution is 2.15. The summed E-state index contributed by atoms with van der Waals surface area (Å²) < 4.78 is 5.20. The van der Waals surface area contributed by atoms with Gasteiger partial charge < -0.3 is 9.64 Å². The minimum atomic E-state index is -0.0545. The van der Waals surface area contributed by atoms with Crippen LogP contribution in [0.1, 0.15) is 25.3 Å². The van der Waals surface area contributed by atoms with E-state index in [0.717, 1.165) is 19.3 Å². The van der Waals surface area contributed by atoms with Crippen LogP contribution in [0.2, 0.25) is 0 Å². The van der Waals surface area contributed by atoms with Gasteiger partial charge in [0, 0.05) is 7.11 Å². The van der Waals surface area contributed by atoms with Gasteiger partial charge in [0.15, 0.2) is 0 Å². The van der Waals surface area contributed by atoms with E-state index in [1.54, 1.807) is 7.11 Å². The zero-order valence-corrected chi connectivity index (χ0v) is 12.3. The summed E-state index contributed by atoms with van der Waals surface area (Å²) in [5, 5.41) is 3.32. The number of hydrogen-bond donors (Lipinski definition) is 1. The summed E-state index contributed by atoms with van der Waals surface area (Å²) in [7, 11) is 1.68. The highest BCUT2D eigenvalue weighted by Gasteiger charge is 2.34. The molecule has 1 amide bonds. The molecule has 0 aromatic heterocycles. The number of aryl methyl sites for hydroxylation is 1. The lowest BCUT2D eigenvalue weighted by Gasteiger charge is -2.25. The van der Waals surface area contributed by atoms with Gasteiger partial charge in [-0.15, -0.1) is 0 Å². The van der Waals surface area contributed by atoms with Crippen LogP contribution in [0.25, 0.3) is 0 Å². The molecule has 0 bridgehead atoms. The molecule has 2 atom stereocenters. The maximum atomic E-state index is 12.4. The topological polar surface area (TPSA) is 41.6 Å². The van der Waals surface area contributed by atoms with Gasteiger partial charge in [0.05, 0.1) is 25.4 Å². The van der Waals surface area contributed by atoms with Crippen LogP contribution in [-0.4, -0.2) is 43.3 Å². The molecule has 0 spiro atoms. The van der Waals surface area contributed by atoms with Crippen molar-refractivity contribution in [2.45, 2.75) is 38.3 Å². The van der Waals surface area contributed by atoms with Gasteiger partial charge in [0.2, 0.25) is 5.91 Å². The Balaban J connectivity index is 1.87. The number of rotatable bonds is 7. The summed E-state index contributed by atoms with van der Waals surface area (Å²) in [6.45, 7) is 3.34. The molecule has 1 heterocycles. The van der Waals surface area contributed by atoms with Gasteiger partial charge in [0.1, 0.15) is 0 Å². The van der Waals surface area contributed by atoms with E-state index in [-0.39, 0.29) is 18.0 Å². The Morgan fingerprint density at radius 1 is 1.40 bits per heavy atom. The fourth-order valence-corrected chi connectivity index (χ4v) is 2.68. The van der Waals surface area contributed by atoms with Crippen molar-refractivity contribution < 1.29 is 9.53 Å². The maximum absolute atomic E-state index is 12.4. The van der Waals surface area contributed by atoms with Crippen molar-refractivity contribution in [3.05, 3.63) is 35.9 Å². The molecule has 0 saturated carbocycles. The Hall–Kier alpha value is -1.39. The van der Waals surface area contributed by atoms with E-state index >= 15 is 0 Å². The van der Waals surface area contributed by atoms with Gasteiger partial charge >= 0.3 is 0 Å². The Kier molecular flexibility index (Phi) is 5.56. The Labute approximate surface area is 121 Å². The minimum absolute atomic E-state index is 0.0545. The summed E-state index contributed by atoms with van der Waals surface area (Å²) >= 11 is 0. The summed E-state index contributed by atoms with van der Waals surface area (Å²) in [6.07, 6.45) is 2.70. The molecule has 4 heteroatoms. The van der Waals surface area contributed by atoms with E-state index in [2.05, 4.69) is 24.4 Å². The summed E-state index contributed by atoms with van der Waals surface area (Å²) in [6, 6.07) is 10.4. The van der Waals surface area contributed by atoms with Crippen LogP contribution in [-0.2, 0) is 16.0 Å². The van der Waals surface area contributed by atoms with E-state index < -0.39 is 0 Å². The predicted octanol–water partition coefficient (Wildman–Crippen LogP) is 1.80. The van der Waals surface area contributed by atoms with Gasteiger partial charge in [-0.2, -0.15) is 0 Å². The summed E-state index contributed by atoms with van der Waals surface area (Å²) in [4.78, 5) is 14.3. The van der Waals surface area contributed by atoms with Gasteiger partial charge in [-0.25, -0.2) is 0 Å². The number of carbonyl (C=O) groups is 1. The number of amides is 1. The number of hydrogen-bond acceptors (Lipinski definition) is 3. The van der Waals surface area contributed by atoms with Gasteiger partial charge in [-0.1, -0.05) is 37.3 Å². The molecule has 1 fully saturated rings. The number of nitrogens with zero attached hydrogens (tertiary/aromatic N) is 1. The number of methoxy groups -OCH3 is 1. The smallest absolute Gasteiger partial charge is 0.241 e. The second-order valence-electron chi connectivity index (χ2n) is 5.26. The quantitative estimate of drug-likeness (QED) is 0.825. The molecule has 0 radical (unpaired) electrons. The highest BCUT2D eigenvalue weighted by molar-refractivity contribution is 5.84. The lowest BCUT2D eigenvalue weighted by Crippen LogP contribution is -2.41. The first-order valence-electron chi connectivity index (χ1n) is 7.33. The average Bonchev–Trinajstić information content (AvgIpc) is 2.85. The van der Waals surface area contributed by atoms with Crippen molar-refractivity contribution in [3.63, 3.8) is 0 Å². The fourth-order valence-electron chi connectivity index (χ4n) is 2.68. The number of carbonyl (C=O) groups excluding carboxylic acids is 1. The van der Waals surface area contributed by atoms with Gasteiger partial charge in [-0.3, -0.25) is 10.1 Å². The van der Waals surface area contributed by atoms with Crippen molar-refractivity contribution in [2.24, 2.45) is 0 Å². The third kappa shape index (κ3) is 3.58. The number of nitrogens with one attached hydrogen (secondary N) is 1. The van der Waals surface area contributed by atoms with Crippen LogP contribution in [0.4, 0.5) is 0 Å². The van der Waals surface area contributed by atoms with Crippen LogP contribution in [0.3, 0.4) is 0 Å². The third-order valence-corrected chi connectivity index (χ3v) is 3.92. The van der Waals surface area contributed by atoms with E-state index in [1.165, 1.54) is 5.56 Å². The molecule has 1 aromatic rings. The van der Waals surface area contributed by atoms with Crippen LogP contribution in [0.5, 0.6) is 0 Å². The summed E-state index contributed by atoms with van der Waals surface area (Å²) in [5.74, 6) is 0.213. The first-order valence-corrected chi connectivity index (χ1v) is 7.33.